The maximum atomic E-state index is 12.3. The third-order valence-electron chi connectivity index (χ3n) is 4.93. The molecule has 0 radical (unpaired) electrons. The second-order valence-electron chi connectivity index (χ2n) is 6.67. The number of hydrogen-bond donors (Lipinski definition) is 2. The lowest BCUT2D eigenvalue weighted by Crippen LogP contribution is -2.39. The molecule has 23 heavy (non-hydrogen) atoms. The number of nitrogens with one attached hydrogen (secondary N) is 2. The smallest absolute Gasteiger partial charge is 0.224 e. The quantitative estimate of drug-likeness (QED) is 0.910. The van der Waals surface area contributed by atoms with Crippen molar-refractivity contribution in [1.82, 2.24) is 10.3 Å². The van der Waals surface area contributed by atoms with Crippen molar-refractivity contribution in [1.29, 1.82) is 0 Å². The van der Waals surface area contributed by atoms with E-state index in [2.05, 4.69) is 15.6 Å². The summed E-state index contributed by atoms with van der Waals surface area (Å²) in [6.45, 7) is 0. The summed E-state index contributed by atoms with van der Waals surface area (Å²) < 4.78 is 5.26. The predicted octanol–water partition coefficient (Wildman–Crippen LogP) is 3.20. The summed E-state index contributed by atoms with van der Waals surface area (Å²) >= 11 is 0. The number of aromatic nitrogens is 1. The van der Waals surface area contributed by atoms with Gasteiger partial charge in [-0.25, -0.2) is 4.98 Å². The molecular weight excluding hydrogens is 290 g/mol. The molecule has 2 saturated heterocycles. The standard InChI is InChI=1S/C18H21N3O2/c22-18(9-12-7-15-5-6-16(8-12)20-15)21-14-3-1-13(2-4-14)17-10-19-11-23-17/h1-4,10-12,15-16,20H,5-9H2,(H,21,22). The first-order valence-electron chi connectivity index (χ1n) is 8.31. The fraction of sp³-hybridized carbons (Fsp3) is 0.444. The van der Waals surface area contributed by atoms with Crippen LogP contribution in [-0.2, 0) is 4.79 Å². The molecule has 5 heteroatoms. The third kappa shape index (κ3) is 3.29. The molecule has 2 aromatic rings. The van der Waals surface area contributed by atoms with Gasteiger partial charge >= 0.3 is 0 Å². The molecule has 0 saturated carbocycles. The van der Waals surface area contributed by atoms with Crippen molar-refractivity contribution in [3.05, 3.63) is 36.9 Å². The number of carbonyl (C=O) groups is 1. The van der Waals surface area contributed by atoms with E-state index in [-0.39, 0.29) is 5.91 Å². The molecule has 2 aliphatic heterocycles. The highest BCUT2D eigenvalue weighted by atomic mass is 16.3. The van der Waals surface area contributed by atoms with Gasteiger partial charge in [-0.05, 0) is 55.9 Å². The van der Waals surface area contributed by atoms with Gasteiger partial charge in [0, 0.05) is 29.8 Å². The van der Waals surface area contributed by atoms with Crippen LogP contribution in [0.25, 0.3) is 11.3 Å². The molecule has 4 rings (SSSR count). The second kappa shape index (κ2) is 6.16. The Labute approximate surface area is 135 Å². The Bertz CT molecular complexity index is 654. The molecule has 2 aliphatic rings. The van der Waals surface area contributed by atoms with E-state index < -0.39 is 0 Å². The summed E-state index contributed by atoms with van der Waals surface area (Å²) in [6, 6.07) is 8.94. The molecule has 2 fully saturated rings. The number of oxazole rings is 1. The minimum atomic E-state index is 0.115. The van der Waals surface area contributed by atoms with Gasteiger partial charge in [-0.2, -0.15) is 0 Å². The zero-order valence-electron chi connectivity index (χ0n) is 13.0. The molecule has 1 aromatic carbocycles. The Hall–Kier alpha value is -2.14. The molecule has 120 valence electrons. The van der Waals surface area contributed by atoms with Crippen LogP contribution >= 0.6 is 0 Å². The molecule has 3 heterocycles. The van der Waals surface area contributed by atoms with Crippen LogP contribution in [0.15, 0.2) is 41.3 Å². The monoisotopic (exact) mass is 311 g/mol. The van der Waals surface area contributed by atoms with Crippen LogP contribution in [0.4, 0.5) is 5.69 Å². The first-order chi connectivity index (χ1) is 11.3. The molecule has 2 N–H and O–H groups in total. The number of anilines is 1. The summed E-state index contributed by atoms with van der Waals surface area (Å²) in [5, 5.41) is 6.62. The molecule has 1 amide bonds. The van der Waals surface area contributed by atoms with Crippen molar-refractivity contribution in [3.63, 3.8) is 0 Å². The van der Waals surface area contributed by atoms with Gasteiger partial charge in [-0.15, -0.1) is 0 Å². The number of nitrogens with zero attached hydrogens (tertiary/aromatic N) is 1. The molecule has 0 spiro atoms. The highest BCUT2D eigenvalue weighted by Crippen LogP contribution is 2.32. The van der Waals surface area contributed by atoms with Crippen molar-refractivity contribution in [2.24, 2.45) is 5.92 Å². The zero-order chi connectivity index (χ0) is 15.6. The minimum absolute atomic E-state index is 0.115. The highest BCUT2D eigenvalue weighted by Gasteiger charge is 2.34. The lowest BCUT2D eigenvalue weighted by atomic mass is 9.89. The van der Waals surface area contributed by atoms with Crippen molar-refractivity contribution in [2.45, 2.75) is 44.2 Å². The third-order valence-corrected chi connectivity index (χ3v) is 4.93. The van der Waals surface area contributed by atoms with E-state index in [0.717, 1.165) is 29.9 Å². The summed E-state index contributed by atoms with van der Waals surface area (Å²) in [5.74, 6) is 1.36. The molecule has 2 bridgehead atoms. The number of fused-ring (bicyclic) bond motifs is 2. The van der Waals surface area contributed by atoms with E-state index in [1.807, 2.05) is 24.3 Å². The molecule has 2 unspecified atom stereocenters. The lowest BCUT2D eigenvalue weighted by Gasteiger charge is -2.28. The van der Waals surface area contributed by atoms with Crippen LogP contribution in [0.2, 0.25) is 0 Å². The first-order valence-corrected chi connectivity index (χ1v) is 8.31. The van der Waals surface area contributed by atoms with Gasteiger partial charge in [0.15, 0.2) is 12.2 Å². The zero-order valence-corrected chi connectivity index (χ0v) is 13.0. The van der Waals surface area contributed by atoms with Gasteiger partial charge in [-0.3, -0.25) is 4.79 Å². The second-order valence-corrected chi connectivity index (χ2v) is 6.67. The molecule has 1 aromatic heterocycles. The van der Waals surface area contributed by atoms with E-state index in [9.17, 15) is 4.79 Å². The Morgan fingerprint density at radius 3 is 2.61 bits per heavy atom. The molecule has 5 nitrogen and oxygen atoms in total. The van der Waals surface area contributed by atoms with Gasteiger partial charge in [0.1, 0.15) is 0 Å². The number of hydrogen-bond acceptors (Lipinski definition) is 4. The first kappa shape index (κ1) is 14.5. The maximum Gasteiger partial charge on any atom is 0.224 e. The summed E-state index contributed by atoms with van der Waals surface area (Å²) in [5.41, 5.74) is 1.78. The molecule has 0 aliphatic carbocycles. The Kier molecular flexibility index (Phi) is 3.87. The van der Waals surface area contributed by atoms with Crippen molar-refractivity contribution >= 4 is 11.6 Å². The number of piperidine rings is 1. The number of rotatable bonds is 4. The molecular formula is C18H21N3O2. The maximum absolute atomic E-state index is 12.3. The van der Waals surface area contributed by atoms with E-state index in [1.165, 1.54) is 19.2 Å². The summed E-state index contributed by atoms with van der Waals surface area (Å²) in [4.78, 5) is 16.2. The highest BCUT2D eigenvalue weighted by molar-refractivity contribution is 5.91. The summed E-state index contributed by atoms with van der Waals surface area (Å²) in [6.07, 6.45) is 8.52. The van der Waals surface area contributed by atoms with Crippen LogP contribution in [0.1, 0.15) is 32.1 Å². The van der Waals surface area contributed by atoms with Crippen LogP contribution in [0, 0.1) is 5.92 Å². The van der Waals surface area contributed by atoms with E-state index >= 15 is 0 Å². The van der Waals surface area contributed by atoms with Gasteiger partial charge in [0.2, 0.25) is 5.91 Å². The fourth-order valence-corrected chi connectivity index (χ4v) is 3.89. The predicted molar refractivity (Wildman–Crippen MR) is 87.9 cm³/mol. The van der Waals surface area contributed by atoms with Gasteiger partial charge in [0.05, 0.1) is 6.20 Å². The fourth-order valence-electron chi connectivity index (χ4n) is 3.89. The average molecular weight is 311 g/mol. The van der Waals surface area contributed by atoms with Gasteiger partial charge in [0.25, 0.3) is 0 Å². The lowest BCUT2D eigenvalue weighted by molar-refractivity contribution is -0.117. The van der Waals surface area contributed by atoms with Crippen molar-refractivity contribution in [3.8, 4) is 11.3 Å². The van der Waals surface area contributed by atoms with E-state index in [0.29, 0.717) is 24.4 Å². The Morgan fingerprint density at radius 2 is 1.96 bits per heavy atom. The average Bonchev–Trinajstić information content (AvgIpc) is 3.18. The number of amides is 1. The minimum Gasteiger partial charge on any atom is -0.444 e. The van der Waals surface area contributed by atoms with Crippen LogP contribution in [0.3, 0.4) is 0 Å². The molecule has 2 atom stereocenters. The van der Waals surface area contributed by atoms with Crippen molar-refractivity contribution in [2.75, 3.05) is 5.32 Å². The summed E-state index contributed by atoms with van der Waals surface area (Å²) in [7, 11) is 0. The van der Waals surface area contributed by atoms with Crippen LogP contribution < -0.4 is 10.6 Å². The van der Waals surface area contributed by atoms with Gasteiger partial charge < -0.3 is 15.1 Å². The SMILES string of the molecule is O=C(CC1CC2CCC(C1)N2)Nc1ccc(-c2cnco2)cc1. The van der Waals surface area contributed by atoms with E-state index in [1.54, 1.807) is 6.20 Å². The normalized spacial score (nSPS) is 26.2. The Balaban J connectivity index is 1.33. The number of benzene rings is 1. The van der Waals surface area contributed by atoms with E-state index in [4.69, 9.17) is 4.42 Å². The van der Waals surface area contributed by atoms with Gasteiger partial charge in [-0.1, -0.05) is 0 Å². The van der Waals surface area contributed by atoms with Crippen molar-refractivity contribution < 1.29 is 9.21 Å². The largest absolute Gasteiger partial charge is 0.444 e. The number of carbonyl (C=O) groups excluding carboxylic acids is 1. The van der Waals surface area contributed by atoms with Crippen LogP contribution in [0.5, 0.6) is 0 Å². The topological polar surface area (TPSA) is 67.2 Å². The van der Waals surface area contributed by atoms with Crippen LogP contribution in [-0.4, -0.2) is 23.0 Å². The Morgan fingerprint density at radius 1 is 1.22 bits per heavy atom.